The molecule has 5 nitrogen and oxygen atoms in total. The van der Waals surface area contributed by atoms with Gasteiger partial charge in [0.25, 0.3) is 0 Å². The molecule has 78 valence electrons. The predicted molar refractivity (Wildman–Crippen MR) is 59.0 cm³/mol. The van der Waals surface area contributed by atoms with Gasteiger partial charge in [0.15, 0.2) is 0 Å². The van der Waals surface area contributed by atoms with Crippen LogP contribution in [-0.4, -0.2) is 27.2 Å². The Hall–Kier alpha value is -1.56. The van der Waals surface area contributed by atoms with Crippen LogP contribution in [0, 0.1) is 6.92 Å². The zero-order valence-corrected chi connectivity index (χ0v) is 9.30. The molecule has 2 aromatic rings. The van der Waals surface area contributed by atoms with Crippen LogP contribution in [0.2, 0.25) is 0 Å². The summed E-state index contributed by atoms with van der Waals surface area (Å²) in [6.07, 6.45) is 0. The van der Waals surface area contributed by atoms with E-state index < -0.39 is 0 Å². The molecule has 2 heterocycles. The molecule has 15 heavy (non-hydrogen) atoms. The molecule has 0 aliphatic heterocycles. The standard InChI is InChI=1S/C9H11N5S/c1-6-11-9(14-13-6)15-8-5-3-4-7(10-2)12-8/h3-5H,1-2H3,(H,10,12)(H,11,13,14). The molecular formula is C9H11N5S. The van der Waals surface area contributed by atoms with E-state index in [1.54, 1.807) is 0 Å². The molecule has 0 amide bonds. The van der Waals surface area contributed by atoms with E-state index in [9.17, 15) is 0 Å². The maximum atomic E-state index is 4.35. The topological polar surface area (TPSA) is 66.5 Å². The van der Waals surface area contributed by atoms with Crippen molar-refractivity contribution in [1.82, 2.24) is 20.2 Å². The fourth-order valence-electron chi connectivity index (χ4n) is 1.07. The molecule has 0 aliphatic carbocycles. The molecule has 0 unspecified atom stereocenters. The number of aromatic amines is 1. The summed E-state index contributed by atoms with van der Waals surface area (Å²) in [5.74, 6) is 1.65. The fraction of sp³-hybridized carbons (Fsp3) is 0.222. The SMILES string of the molecule is CNc1cccc(Sc2n[nH]c(C)n2)n1. The normalized spacial score (nSPS) is 10.3. The highest BCUT2D eigenvalue weighted by Crippen LogP contribution is 2.23. The lowest BCUT2D eigenvalue weighted by molar-refractivity contribution is 0.964. The van der Waals surface area contributed by atoms with Crippen molar-refractivity contribution in [3.8, 4) is 0 Å². The van der Waals surface area contributed by atoms with Crippen LogP contribution < -0.4 is 5.32 Å². The minimum Gasteiger partial charge on any atom is -0.373 e. The molecule has 6 heteroatoms. The van der Waals surface area contributed by atoms with Crippen LogP contribution in [0.1, 0.15) is 5.82 Å². The van der Waals surface area contributed by atoms with Gasteiger partial charge in [0.2, 0.25) is 5.16 Å². The molecule has 0 aliphatic rings. The average Bonchev–Trinajstić information content (AvgIpc) is 2.64. The third-order valence-electron chi connectivity index (χ3n) is 1.75. The zero-order valence-electron chi connectivity index (χ0n) is 8.48. The summed E-state index contributed by atoms with van der Waals surface area (Å²) in [5, 5.41) is 11.4. The van der Waals surface area contributed by atoms with Gasteiger partial charge in [0.05, 0.1) is 0 Å². The first-order valence-electron chi connectivity index (χ1n) is 4.49. The number of aryl methyl sites for hydroxylation is 1. The number of anilines is 1. The van der Waals surface area contributed by atoms with E-state index in [1.165, 1.54) is 11.8 Å². The average molecular weight is 221 g/mol. The van der Waals surface area contributed by atoms with Gasteiger partial charge < -0.3 is 5.32 Å². The molecule has 2 aromatic heterocycles. The summed E-state index contributed by atoms with van der Waals surface area (Å²) in [6, 6.07) is 5.78. The Bertz CT molecular complexity index is 453. The third kappa shape index (κ3) is 2.47. The number of hydrogen-bond donors (Lipinski definition) is 2. The van der Waals surface area contributed by atoms with E-state index in [0.717, 1.165) is 16.7 Å². The summed E-state index contributed by atoms with van der Waals surface area (Å²) in [5.41, 5.74) is 0. The molecule has 2 N–H and O–H groups in total. The van der Waals surface area contributed by atoms with Gasteiger partial charge in [-0.15, -0.1) is 5.10 Å². The van der Waals surface area contributed by atoms with Crippen molar-refractivity contribution in [3.63, 3.8) is 0 Å². The molecule has 0 fully saturated rings. The molecule has 0 saturated heterocycles. The Balaban J connectivity index is 2.16. The summed E-state index contributed by atoms with van der Waals surface area (Å²) in [7, 11) is 1.84. The minimum atomic E-state index is 0.688. The van der Waals surface area contributed by atoms with Crippen molar-refractivity contribution >= 4 is 17.6 Å². The van der Waals surface area contributed by atoms with E-state index in [2.05, 4.69) is 25.5 Å². The van der Waals surface area contributed by atoms with E-state index >= 15 is 0 Å². The van der Waals surface area contributed by atoms with Gasteiger partial charge in [-0.25, -0.2) is 9.97 Å². The molecule has 0 saturated carbocycles. The van der Waals surface area contributed by atoms with Crippen LogP contribution in [0.3, 0.4) is 0 Å². The Labute approximate surface area is 91.7 Å². The maximum absolute atomic E-state index is 4.35. The number of H-pyrrole nitrogens is 1. The second-order valence-electron chi connectivity index (χ2n) is 2.92. The van der Waals surface area contributed by atoms with Crippen LogP contribution in [0.15, 0.2) is 28.4 Å². The lowest BCUT2D eigenvalue weighted by Crippen LogP contribution is -1.92. The van der Waals surface area contributed by atoms with Crippen molar-refractivity contribution in [2.24, 2.45) is 0 Å². The number of rotatable bonds is 3. The zero-order chi connectivity index (χ0) is 10.7. The van der Waals surface area contributed by atoms with Crippen LogP contribution in [-0.2, 0) is 0 Å². The largest absolute Gasteiger partial charge is 0.373 e. The number of aromatic nitrogens is 4. The van der Waals surface area contributed by atoms with Crippen LogP contribution in [0.4, 0.5) is 5.82 Å². The van der Waals surface area contributed by atoms with E-state index in [4.69, 9.17) is 0 Å². The molecular weight excluding hydrogens is 210 g/mol. The van der Waals surface area contributed by atoms with E-state index in [0.29, 0.717) is 5.16 Å². The predicted octanol–water partition coefficient (Wildman–Crippen LogP) is 1.70. The van der Waals surface area contributed by atoms with Gasteiger partial charge in [-0.2, -0.15) is 0 Å². The summed E-state index contributed by atoms with van der Waals surface area (Å²) in [6.45, 7) is 1.87. The Morgan fingerprint density at radius 3 is 2.87 bits per heavy atom. The van der Waals surface area contributed by atoms with Crippen molar-refractivity contribution in [3.05, 3.63) is 24.0 Å². The number of nitrogens with zero attached hydrogens (tertiary/aromatic N) is 3. The second kappa shape index (κ2) is 4.31. The summed E-state index contributed by atoms with van der Waals surface area (Å²) >= 11 is 1.43. The van der Waals surface area contributed by atoms with E-state index in [1.807, 2.05) is 32.2 Å². The lowest BCUT2D eigenvalue weighted by atomic mass is 10.5. The van der Waals surface area contributed by atoms with Gasteiger partial charge >= 0.3 is 0 Å². The van der Waals surface area contributed by atoms with Gasteiger partial charge in [-0.3, -0.25) is 5.10 Å². The Kier molecular flexibility index (Phi) is 2.86. The molecule has 2 rings (SSSR count). The fourth-order valence-corrected chi connectivity index (χ4v) is 1.82. The highest BCUT2D eigenvalue weighted by Gasteiger charge is 2.04. The first-order valence-corrected chi connectivity index (χ1v) is 5.31. The van der Waals surface area contributed by atoms with Gasteiger partial charge in [0, 0.05) is 7.05 Å². The second-order valence-corrected chi connectivity index (χ2v) is 3.90. The molecule has 0 bridgehead atoms. The van der Waals surface area contributed by atoms with Gasteiger partial charge in [0.1, 0.15) is 16.7 Å². The van der Waals surface area contributed by atoms with Crippen LogP contribution in [0.5, 0.6) is 0 Å². The Morgan fingerprint density at radius 2 is 2.20 bits per heavy atom. The van der Waals surface area contributed by atoms with Crippen LogP contribution >= 0.6 is 11.8 Å². The maximum Gasteiger partial charge on any atom is 0.214 e. The van der Waals surface area contributed by atoms with Crippen LogP contribution in [0.25, 0.3) is 0 Å². The van der Waals surface area contributed by atoms with Crippen molar-refractivity contribution in [2.45, 2.75) is 17.1 Å². The number of pyridine rings is 1. The minimum absolute atomic E-state index is 0.688. The van der Waals surface area contributed by atoms with E-state index in [-0.39, 0.29) is 0 Å². The highest BCUT2D eigenvalue weighted by atomic mass is 32.2. The first-order chi connectivity index (χ1) is 7.28. The molecule has 0 atom stereocenters. The molecule has 0 radical (unpaired) electrons. The highest BCUT2D eigenvalue weighted by molar-refractivity contribution is 7.99. The van der Waals surface area contributed by atoms with Crippen molar-refractivity contribution < 1.29 is 0 Å². The number of nitrogens with one attached hydrogen (secondary N) is 2. The lowest BCUT2D eigenvalue weighted by Gasteiger charge is -2.00. The van der Waals surface area contributed by atoms with Crippen molar-refractivity contribution in [1.29, 1.82) is 0 Å². The Morgan fingerprint density at radius 1 is 1.33 bits per heavy atom. The third-order valence-corrected chi connectivity index (χ3v) is 2.55. The molecule has 0 spiro atoms. The summed E-state index contributed by atoms with van der Waals surface area (Å²) in [4.78, 5) is 8.55. The monoisotopic (exact) mass is 221 g/mol. The smallest absolute Gasteiger partial charge is 0.214 e. The quantitative estimate of drug-likeness (QED) is 0.825. The van der Waals surface area contributed by atoms with Gasteiger partial charge in [-0.1, -0.05) is 6.07 Å². The number of hydrogen-bond acceptors (Lipinski definition) is 5. The first kappa shape index (κ1) is 9.97. The van der Waals surface area contributed by atoms with Crippen molar-refractivity contribution in [2.75, 3.05) is 12.4 Å². The summed E-state index contributed by atoms with van der Waals surface area (Å²) < 4.78 is 0. The molecule has 0 aromatic carbocycles. The van der Waals surface area contributed by atoms with Gasteiger partial charge in [-0.05, 0) is 30.8 Å².